The van der Waals surface area contributed by atoms with Crippen LogP contribution in [-0.2, 0) is 4.79 Å². The molecule has 0 aliphatic carbocycles. The highest BCUT2D eigenvalue weighted by molar-refractivity contribution is 5.95. The van der Waals surface area contributed by atoms with Crippen molar-refractivity contribution in [3.05, 3.63) is 95.1 Å². The zero-order valence-corrected chi connectivity index (χ0v) is 16.9. The second kappa shape index (κ2) is 10.0. The summed E-state index contributed by atoms with van der Waals surface area (Å²) in [5.41, 5.74) is 6.58. The maximum atomic E-state index is 12.2. The maximum absolute atomic E-state index is 12.2. The second-order valence-electron chi connectivity index (χ2n) is 6.79. The highest BCUT2D eigenvalue weighted by Crippen LogP contribution is 2.17. The van der Waals surface area contributed by atoms with E-state index in [9.17, 15) is 9.59 Å². The first-order chi connectivity index (χ1) is 14.5. The molecule has 6 nitrogen and oxygen atoms in total. The molecule has 152 valence electrons. The van der Waals surface area contributed by atoms with Crippen LogP contribution >= 0.6 is 0 Å². The second-order valence-corrected chi connectivity index (χ2v) is 6.79. The molecule has 0 saturated heterocycles. The van der Waals surface area contributed by atoms with Gasteiger partial charge in [-0.15, -0.1) is 0 Å². The third-order valence-electron chi connectivity index (χ3n) is 4.31. The van der Waals surface area contributed by atoms with E-state index in [1.165, 1.54) is 6.21 Å². The third kappa shape index (κ3) is 6.04. The molecule has 3 aromatic carbocycles. The topological polar surface area (TPSA) is 79.8 Å². The summed E-state index contributed by atoms with van der Waals surface area (Å²) < 4.78 is 5.59. The summed E-state index contributed by atoms with van der Waals surface area (Å²) in [5, 5.41) is 6.83. The van der Waals surface area contributed by atoms with Gasteiger partial charge in [-0.2, -0.15) is 5.10 Å². The van der Waals surface area contributed by atoms with Crippen LogP contribution in [0.2, 0.25) is 0 Å². The largest absolute Gasteiger partial charge is 0.484 e. The normalized spacial score (nSPS) is 10.6. The van der Waals surface area contributed by atoms with E-state index < -0.39 is 0 Å². The van der Waals surface area contributed by atoms with Crippen molar-refractivity contribution in [3.8, 4) is 5.75 Å². The lowest BCUT2D eigenvalue weighted by Crippen LogP contribution is -2.20. The summed E-state index contributed by atoms with van der Waals surface area (Å²) in [4.78, 5) is 24.2. The average molecular weight is 401 g/mol. The molecular formula is C24H23N3O3. The number of anilines is 1. The Bertz CT molecular complexity index is 1060. The van der Waals surface area contributed by atoms with Crippen LogP contribution in [0, 0.1) is 13.8 Å². The van der Waals surface area contributed by atoms with Gasteiger partial charge < -0.3 is 10.1 Å². The number of hydrazone groups is 1. The predicted octanol–water partition coefficient (Wildman–Crippen LogP) is 4.08. The number of aryl methyl sites for hydroxylation is 2. The molecule has 0 unspecified atom stereocenters. The van der Waals surface area contributed by atoms with Crippen LogP contribution in [-0.4, -0.2) is 24.6 Å². The van der Waals surface area contributed by atoms with Crippen molar-refractivity contribution in [2.24, 2.45) is 5.10 Å². The van der Waals surface area contributed by atoms with E-state index >= 15 is 0 Å². The molecule has 0 aromatic heterocycles. The van der Waals surface area contributed by atoms with Crippen molar-refractivity contribution in [1.29, 1.82) is 0 Å². The van der Waals surface area contributed by atoms with E-state index in [0.717, 1.165) is 22.4 Å². The average Bonchev–Trinajstić information content (AvgIpc) is 2.76. The van der Waals surface area contributed by atoms with Gasteiger partial charge in [-0.1, -0.05) is 42.5 Å². The van der Waals surface area contributed by atoms with Crippen LogP contribution in [0.5, 0.6) is 5.75 Å². The van der Waals surface area contributed by atoms with Crippen LogP contribution < -0.4 is 15.5 Å². The Kier molecular flexibility index (Phi) is 6.95. The molecule has 0 fully saturated rings. The number of hydrogen-bond acceptors (Lipinski definition) is 4. The Morgan fingerprint density at radius 2 is 1.77 bits per heavy atom. The highest BCUT2D eigenvalue weighted by atomic mass is 16.5. The van der Waals surface area contributed by atoms with E-state index in [2.05, 4.69) is 15.8 Å². The molecule has 0 heterocycles. The minimum atomic E-state index is -0.289. The Labute approximate surface area is 175 Å². The molecule has 2 N–H and O–H groups in total. The molecule has 0 aliphatic heterocycles. The molecule has 30 heavy (non-hydrogen) atoms. The van der Waals surface area contributed by atoms with Crippen LogP contribution in [0.15, 0.2) is 77.9 Å². The SMILES string of the molecule is Cc1ccc(C)c(NC(=O)COc2cccc(/C=N/NC(=O)c3ccccc3)c2)c1. The summed E-state index contributed by atoms with van der Waals surface area (Å²) in [5.74, 6) is 0.00436. The summed E-state index contributed by atoms with van der Waals surface area (Å²) in [6, 6.07) is 21.8. The number of rotatable bonds is 7. The minimum absolute atomic E-state index is 0.112. The van der Waals surface area contributed by atoms with Gasteiger partial charge in [0.1, 0.15) is 5.75 Å². The van der Waals surface area contributed by atoms with E-state index in [-0.39, 0.29) is 18.4 Å². The fourth-order valence-corrected chi connectivity index (χ4v) is 2.71. The minimum Gasteiger partial charge on any atom is -0.484 e. The van der Waals surface area contributed by atoms with Gasteiger partial charge >= 0.3 is 0 Å². The first-order valence-corrected chi connectivity index (χ1v) is 9.50. The molecule has 0 spiro atoms. The standard InChI is InChI=1S/C24H23N3O3/c1-17-11-12-18(2)22(13-17)26-23(28)16-30-21-10-6-7-19(14-21)15-25-27-24(29)20-8-4-3-5-9-20/h3-15H,16H2,1-2H3,(H,26,28)(H,27,29)/b25-15+. The summed E-state index contributed by atoms with van der Waals surface area (Å²) in [6.07, 6.45) is 1.52. The first kappa shape index (κ1) is 20.8. The lowest BCUT2D eigenvalue weighted by atomic mass is 10.1. The van der Waals surface area contributed by atoms with Gasteiger partial charge in [-0.25, -0.2) is 5.43 Å². The van der Waals surface area contributed by atoms with Crippen molar-refractivity contribution >= 4 is 23.7 Å². The van der Waals surface area contributed by atoms with Gasteiger partial charge in [-0.3, -0.25) is 9.59 Å². The van der Waals surface area contributed by atoms with Crippen molar-refractivity contribution in [1.82, 2.24) is 5.43 Å². The number of nitrogens with one attached hydrogen (secondary N) is 2. The van der Waals surface area contributed by atoms with Crippen LogP contribution in [0.1, 0.15) is 27.0 Å². The maximum Gasteiger partial charge on any atom is 0.271 e. The third-order valence-corrected chi connectivity index (χ3v) is 4.31. The molecule has 6 heteroatoms. The monoisotopic (exact) mass is 401 g/mol. The van der Waals surface area contributed by atoms with Gasteiger partial charge in [0, 0.05) is 11.3 Å². The molecule has 0 aliphatic rings. The molecule has 2 amide bonds. The Morgan fingerprint density at radius 3 is 2.57 bits per heavy atom. The van der Waals surface area contributed by atoms with E-state index in [4.69, 9.17) is 4.74 Å². The molecule has 3 rings (SSSR count). The summed E-state index contributed by atoms with van der Waals surface area (Å²) in [7, 11) is 0. The molecule has 0 atom stereocenters. The van der Waals surface area contributed by atoms with E-state index in [1.807, 2.05) is 44.2 Å². The van der Waals surface area contributed by atoms with Gasteiger partial charge in [0.25, 0.3) is 11.8 Å². The van der Waals surface area contributed by atoms with Crippen LogP contribution in [0.3, 0.4) is 0 Å². The van der Waals surface area contributed by atoms with Crippen molar-refractivity contribution in [2.75, 3.05) is 11.9 Å². The smallest absolute Gasteiger partial charge is 0.271 e. The van der Waals surface area contributed by atoms with E-state index in [1.54, 1.807) is 42.5 Å². The van der Waals surface area contributed by atoms with Crippen molar-refractivity contribution in [2.45, 2.75) is 13.8 Å². The van der Waals surface area contributed by atoms with Crippen LogP contribution in [0.25, 0.3) is 0 Å². The number of hydrogen-bond donors (Lipinski definition) is 2. The molecule has 0 bridgehead atoms. The Balaban J connectivity index is 1.53. The zero-order chi connectivity index (χ0) is 21.3. The summed E-state index contributed by atoms with van der Waals surface area (Å²) >= 11 is 0. The number of carbonyl (C=O) groups is 2. The van der Waals surface area contributed by atoms with E-state index in [0.29, 0.717) is 11.3 Å². The molecule has 0 radical (unpaired) electrons. The number of carbonyl (C=O) groups excluding carboxylic acids is 2. The van der Waals surface area contributed by atoms with Gasteiger partial charge in [0.2, 0.25) is 0 Å². The predicted molar refractivity (Wildman–Crippen MR) is 118 cm³/mol. The van der Waals surface area contributed by atoms with Gasteiger partial charge in [0.05, 0.1) is 6.21 Å². The molecule has 3 aromatic rings. The van der Waals surface area contributed by atoms with Gasteiger partial charge in [0.15, 0.2) is 6.61 Å². The van der Waals surface area contributed by atoms with Crippen LogP contribution in [0.4, 0.5) is 5.69 Å². The zero-order valence-electron chi connectivity index (χ0n) is 16.9. The molecule has 0 saturated carbocycles. The Morgan fingerprint density at radius 1 is 0.967 bits per heavy atom. The first-order valence-electron chi connectivity index (χ1n) is 9.50. The number of nitrogens with zero attached hydrogens (tertiary/aromatic N) is 1. The molecular weight excluding hydrogens is 378 g/mol. The van der Waals surface area contributed by atoms with Gasteiger partial charge in [-0.05, 0) is 60.9 Å². The quantitative estimate of drug-likeness (QED) is 0.462. The fraction of sp³-hybridized carbons (Fsp3) is 0.125. The lowest BCUT2D eigenvalue weighted by molar-refractivity contribution is -0.118. The number of amides is 2. The highest BCUT2D eigenvalue weighted by Gasteiger charge is 2.07. The number of ether oxygens (including phenoxy) is 1. The fourth-order valence-electron chi connectivity index (χ4n) is 2.71. The lowest BCUT2D eigenvalue weighted by Gasteiger charge is -2.10. The van der Waals surface area contributed by atoms with Crippen molar-refractivity contribution < 1.29 is 14.3 Å². The number of benzene rings is 3. The summed E-state index contributed by atoms with van der Waals surface area (Å²) in [6.45, 7) is 3.80. The van der Waals surface area contributed by atoms with Crippen molar-refractivity contribution in [3.63, 3.8) is 0 Å². The Hall–Kier alpha value is -3.93.